The maximum atomic E-state index is 11.2. The quantitative estimate of drug-likeness (QED) is 0.392. The zero-order chi connectivity index (χ0) is 14.0. The Morgan fingerprint density at radius 3 is 2.44 bits per heavy atom. The molecule has 0 rings (SSSR count). The van der Waals surface area contributed by atoms with Gasteiger partial charge >= 0.3 is 12.0 Å². The lowest BCUT2D eigenvalue weighted by Crippen LogP contribution is -2.38. The van der Waals surface area contributed by atoms with Gasteiger partial charge in [-0.25, -0.2) is 9.59 Å². The number of nitrogens with zero attached hydrogens (tertiary/aromatic N) is 1. The Morgan fingerprint density at radius 1 is 1.28 bits per heavy atom. The van der Waals surface area contributed by atoms with Crippen molar-refractivity contribution in [1.29, 1.82) is 0 Å². The molecule has 104 valence electrons. The van der Waals surface area contributed by atoms with Crippen LogP contribution < -0.4 is 10.6 Å². The SMILES string of the molecule is CCC(=CCNCCNC(=O)N(C)C)C(=O)OC. The first-order chi connectivity index (χ1) is 8.52. The second-order valence-corrected chi connectivity index (χ2v) is 3.90. The molecule has 2 amide bonds. The average Bonchev–Trinajstić information content (AvgIpc) is 2.36. The second-order valence-electron chi connectivity index (χ2n) is 3.90. The highest BCUT2D eigenvalue weighted by atomic mass is 16.5. The van der Waals surface area contributed by atoms with Crippen LogP contribution in [0.2, 0.25) is 0 Å². The van der Waals surface area contributed by atoms with Gasteiger partial charge in [-0.1, -0.05) is 13.0 Å². The topological polar surface area (TPSA) is 70.7 Å². The summed E-state index contributed by atoms with van der Waals surface area (Å²) in [5.41, 5.74) is 0.655. The smallest absolute Gasteiger partial charge is 0.333 e. The molecule has 0 unspecified atom stereocenters. The first-order valence-electron chi connectivity index (χ1n) is 5.96. The fourth-order valence-electron chi connectivity index (χ4n) is 1.22. The maximum Gasteiger partial charge on any atom is 0.333 e. The number of hydrogen-bond donors (Lipinski definition) is 2. The zero-order valence-electron chi connectivity index (χ0n) is 11.6. The molecule has 6 heteroatoms. The largest absolute Gasteiger partial charge is 0.466 e. The first-order valence-corrected chi connectivity index (χ1v) is 5.96. The number of methoxy groups -OCH3 is 1. The third kappa shape index (κ3) is 6.90. The first kappa shape index (κ1) is 16.4. The summed E-state index contributed by atoms with van der Waals surface area (Å²) in [4.78, 5) is 23.9. The van der Waals surface area contributed by atoms with E-state index < -0.39 is 0 Å². The van der Waals surface area contributed by atoms with E-state index in [1.165, 1.54) is 12.0 Å². The third-order valence-corrected chi connectivity index (χ3v) is 2.31. The van der Waals surface area contributed by atoms with Crippen LogP contribution in [0.25, 0.3) is 0 Å². The lowest BCUT2D eigenvalue weighted by molar-refractivity contribution is -0.136. The Hall–Kier alpha value is -1.56. The molecule has 0 aliphatic heterocycles. The molecule has 2 N–H and O–H groups in total. The zero-order valence-corrected chi connectivity index (χ0v) is 11.6. The van der Waals surface area contributed by atoms with Gasteiger partial charge in [-0.3, -0.25) is 0 Å². The summed E-state index contributed by atoms with van der Waals surface area (Å²) in [7, 11) is 4.75. The number of urea groups is 1. The molecule has 0 fully saturated rings. The van der Waals surface area contributed by atoms with Crippen molar-refractivity contribution in [2.24, 2.45) is 0 Å². The summed E-state index contributed by atoms with van der Waals surface area (Å²) in [6, 6.07) is -0.115. The molecule has 6 nitrogen and oxygen atoms in total. The molecule has 0 bridgehead atoms. The summed E-state index contributed by atoms with van der Waals surface area (Å²) in [5.74, 6) is -0.291. The van der Waals surface area contributed by atoms with Crippen LogP contribution in [0.4, 0.5) is 4.79 Å². The molecular weight excluding hydrogens is 234 g/mol. The molecule has 0 atom stereocenters. The Bertz CT molecular complexity index is 301. The fraction of sp³-hybridized carbons (Fsp3) is 0.667. The van der Waals surface area contributed by atoms with E-state index in [0.29, 0.717) is 31.6 Å². The minimum atomic E-state index is -0.291. The van der Waals surface area contributed by atoms with E-state index in [-0.39, 0.29) is 12.0 Å². The lowest BCUT2D eigenvalue weighted by Gasteiger charge is -2.11. The Labute approximate surface area is 108 Å². The second kappa shape index (κ2) is 9.47. The van der Waals surface area contributed by atoms with Gasteiger partial charge < -0.3 is 20.3 Å². The van der Waals surface area contributed by atoms with E-state index in [0.717, 1.165) is 0 Å². The monoisotopic (exact) mass is 257 g/mol. The van der Waals surface area contributed by atoms with Crippen LogP contribution in [0.5, 0.6) is 0 Å². The van der Waals surface area contributed by atoms with Gasteiger partial charge in [0.05, 0.1) is 7.11 Å². The van der Waals surface area contributed by atoms with Crippen molar-refractivity contribution in [2.75, 3.05) is 40.8 Å². The van der Waals surface area contributed by atoms with Gasteiger partial charge in [-0.15, -0.1) is 0 Å². The van der Waals surface area contributed by atoms with E-state index in [9.17, 15) is 9.59 Å². The van der Waals surface area contributed by atoms with Crippen molar-refractivity contribution >= 4 is 12.0 Å². The van der Waals surface area contributed by atoms with Gasteiger partial charge in [0.2, 0.25) is 0 Å². The minimum absolute atomic E-state index is 0.115. The van der Waals surface area contributed by atoms with Crippen LogP contribution in [0.1, 0.15) is 13.3 Å². The van der Waals surface area contributed by atoms with E-state index in [4.69, 9.17) is 0 Å². The van der Waals surface area contributed by atoms with E-state index in [1.807, 2.05) is 6.92 Å². The van der Waals surface area contributed by atoms with Gasteiger partial charge in [0.1, 0.15) is 0 Å². The molecule has 0 aromatic heterocycles. The van der Waals surface area contributed by atoms with Crippen LogP contribution in [0.3, 0.4) is 0 Å². The minimum Gasteiger partial charge on any atom is -0.466 e. The highest BCUT2D eigenvalue weighted by Crippen LogP contribution is 2.01. The normalized spacial score (nSPS) is 11.0. The average molecular weight is 257 g/mol. The highest BCUT2D eigenvalue weighted by molar-refractivity contribution is 5.88. The van der Waals surface area contributed by atoms with Crippen LogP contribution in [-0.4, -0.2) is 57.7 Å². The van der Waals surface area contributed by atoms with Crippen LogP contribution in [0, 0.1) is 0 Å². The molecule has 0 saturated heterocycles. The molecule has 0 aromatic carbocycles. The molecule has 0 aliphatic carbocycles. The summed E-state index contributed by atoms with van der Waals surface area (Å²) in [6.45, 7) is 3.68. The van der Waals surface area contributed by atoms with Crippen molar-refractivity contribution in [3.8, 4) is 0 Å². The summed E-state index contributed by atoms with van der Waals surface area (Å²) >= 11 is 0. The number of ether oxygens (including phenoxy) is 1. The number of nitrogens with one attached hydrogen (secondary N) is 2. The molecule has 0 saturated carbocycles. The third-order valence-electron chi connectivity index (χ3n) is 2.31. The van der Waals surface area contributed by atoms with E-state index in [2.05, 4.69) is 15.4 Å². The maximum absolute atomic E-state index is 11.2. The van der Waals surface area contributed by atoms with Crippen LogP contribution in [-0.2, 0) is 9.53 Å². The predicted octanol–water partition coefficient (Wildman–Crippen LogP) is 0.357. The number of rotatable bonds is 7. The number of esters is 1. The fourth-order valence-corrected chi connectivity index (χ4v) is 1.22. The number of carbonyl (C=O) groups excluding carboxylic acids is 2. The molecule has 0 aromatic rings. The van der Waals surface area contributed by atoms with Crippen molar-refractivity contribution in [2.45, 2.75) is 13.3 Å². The summed E-state index contributed by atoms with van der Waals surface area (Å²) in [6.07, 6.45) is 2.45. The standard InChI is InChI=1S/C12H23N3O3/c1-5-10(11(16)18-4)6-7-13-8-9-14-12(17)15(2)3/h6,13H,5,7-9H2,1-4H3,(H,14,17). The molecule has 18 heavy (non-hydrogen) atoms. The Kier molecular flexibility index (Phi) is 8.65. The molecular formula is C12H23N3O3. The van der Waals surface area contributed by atoms with Gasteiger partial charge in [0.15, 0.2) is 0 Å². The number of carbonyl (C=O) groups is 2. The highest BCUT2D eigenvalue weighted by Gasteiger charge is 2.05. The van der Waals surface area contributed by atoms with Gasteiger partial charge in [0, 0.05) is 39.3 Å². The Morgan fingerprint density at radius 2 is 1.94 bits per heavy atom. The van der Waals surface area contributed by atoms with Crippen molar-refractivity contribution in [3.05, 3.63) is 11.6 Å². The van der Waals surface area contributed by atoms with E-state index >= 15 is 0 Å². The Balaban J connectivity index is 3.75. The summed E-state index contributed by atoms with van der Waals surface area (Å²) in [5, 5.41) is 5.84. The van der Waals surface area contributed by atoms with Gasteiger partial charge in [0.25, 0.3) is 0 Å². The van der Waals surface area contributed by atoms with Crippen molar-refractivity contribution < 1.29 is 14.3 Å². The van der Waals surface area contributed by atoms with Crippen molar-refractivity contribution in [1.82, 2.24) is 15.5 Å². The van der Waals surface area contributed by atoms with Crippen LogP contribution >= 0.6 is 0 Å². The predicted molar refractivity (Wildman–Crippen MR) is 70.3 cm³/mol. The van der Waals surface area contributed by atoms with E-state index in [1.54, 1.807) is 20.2 Å². The van der Waals surface area contributed by atoms with Crippen molar-refractivity contribution in [3.63, 3.8) is 0 Å². The molecule has 0 radical (unpaired) electrons. The molecule has 0 spiro atoms. The lowest BCUT2D eigenvalue weighted by atomic mass is 10.2. The summed E-state index contributed by atoms with van der Waals surface area (Å²) < 4.78 is 4.64. The van der Waals surface area contributed by atoms with Gasteiger partial charge in [-0.2, -0.15) is 0 Å². The van der Waals surface area contributed by atoms with Gasteiger partial charge in [-0.05, 0) is 6.42 Å². The number of amides is 2. The van der Waals surface area contributed by atoms with Crippen LogP contribution in [0.15, 0.2) is 11.6 Å². The molecule has 0 aliphatic rings. The molecule has 0 heterocycles. The number of hydrogen-bond acceptors (Lipinski definition) is 4.